The van der Waals surface area contributed by atoms with E-state index in [0.717, 1.165) is 34.0 Å². The van der Waals surface area contributed by atoms with E-state index in [-0.39, 0.29) is 17.6 Å². The molecule has 1 unspecified atom stereocenters. The van der Waals surface area contributed by atoms with Crippen LogP contribution in [0.25, 0.3) is 0 Å². The van der Waals surface area contributed by atoms with Gasteiger partial charge in [0.25, 0.3) is 0 Å². The molecular weight excluding hydrogens is 462 g/mol. The van der Waals surface area contributed by atoms with Crippen molar-refractivity contribution < 1.29 is 22.5 Å². The van der Waals surface area contributed by atoms with Gasteiger partial charge in [-0.15, -0.1) is 11.3 Å². The Morgan fingerprint density at radius 3 is 2.36 bits per heavy atom. The van der Waals surface area contributed by atoms with Crippen LogP contribution in [0.5, 0.6) is 5.75 Å². The molecule has 1 aromatic heterocycles. The van der Waals surface area contributed by atoms with Crippen LogP contribution in [0.15, 0.2) is 53.9 Å². The average molecular weight is 490 g/mol. The maximum Gasteiger partial charge on any atom is 0.357 e. The van der Waals surface area contributed by atoms with Crippen molar-refractivity contribution in [3.8, 4) is 5.75 Å². The number of methoxy groups -OCH3 is 1. The first-order chi connectivity index (χ1) is 15.8. The Morgan fingerprint density at radius 1 is 1.12 bits per heavy atom. The predicted octanol–water partition coefficient (Wildman–Crippen LogP) is 3.96. The molecule has 3 N–H and O–H groups in total. The van der Waals surface area contributed by atoms with E-state index in [2.05, 4.69) is 10.3 Å². The third-order valence-electron chi connectivity index (χ3n) is 5.01. The van der Waals surface area contributed by atoms with Crippen molar-refractivity contribution in [3.63, 3.8) is 0 Å². The molecule has 0 spiro atoms. The molecule has 1 atom stereocenters. The van der Waals surface area contributed by atoms with Crippen molar-refractivity contribution in [2.75, 3.05) is 11.8 Å². The number of anilines is 1. The topological polar surface area (TPSA) is 118 Å². The highest BCUT2D eigenvalue weighted by molar-refractivity contribution is 7.87. The molecule has 0 aliphatic rings. The molecule has 0 aliphatic heterocycles. The highest BCUT2D eigenvalue weighted by atomic mass is 32.2. The van der Waals surface area contributed by atoms with Gasteiger partial charge in [-0.2, -0.15) is 8.42 Å². The highest BCUT2D eigenvalue weighted by Crippen LogP contribution is 2.24. The van der Waals surface area contributed by atoms with Crippen LogP contribution in [0.3, 0.4) is 0 Å². The van der Waals surface area contributed by atoms with Gasteiger partial charge in [-0.25, -0.2) is 4.98 Å². The van der Waals surface area contributed by atoms with Crippen molar-refractivity contribution in [2.24, 2.45) is 0 Å². The number of amides is 1. The van der Waals surface area contributed by atoms with Gasteiger partial charge in [0.05, 0.1) is 24.5 Å². The zero-order valence-electron chi connectivity index (χ0n) is 18.4. The Morgan fingerprint density at radius 2 is 1.79 bits per heavy atom. The van der Waals surface area contributed by atoms with E-state index in [9.17, 15) is 13.2 Å². The number of nitrogens with one attached hydrogen (secondary N) is 2. The first kappa shape index (κ1) is 24.7. The monoisotopic (exact) mass is 489 g/mol. The van der Waals surface area contributed by atoms with Crippen molar-refractivity contribution in [1.82, 2.24) is 10.3 Å². The maximum atomic E-state index is 12.7. The molecule has 0 bridgehead atoms. The average Bonchev–Trinajstić information content (AvgIpc) is 3.27. The Kier molecular flexibility index (Phi) is 8.43. The summed E-state index contributed by atoms with van der Waals surface area (Å²) >= 11 is 1.51. The zero-order chi connectivity index (χ0) is 23.8. The fourth-order valence-electron chi connectivity index (χ4n) is 3.26. The molecule has 1 heterocycles. The summed E-state index contributed by atoms with van der Waals surface area (Å²) in [4.78, 5) is 17.4. The van der Waals surface area contributed by atoms with Crippen LogP contribution >= 0.6 is 11.3 Å². The molecule has 1 amide bonds. The van der Waals surface area contributed by atoms with Gasteiger partial charge in [0.15, 0.2) is 0 Å². The summed E-state index contributed by atoms with van der Waals surface area (Å²) in [6.45, 7) is 2.03. The predicted molar refractivity (Wildman–Crippen MR) is 129 cm³/mol. The van der Waals surface area contributed by atoms with E-state index in [1.807, 2.05) is 41.3 Å². The summed E-state index contributed by atoms with van der Waals surface area (Å²) in [6, 6.07) is 13.9. The number of thiazole rings is 1. The number of hydrogen-bond acceptors (Lipinski definition) is 6. The normalized spacial score (nSPS) is 12.2. The van der Waals surface area contributed by atoms with Gasteiger partial charge < -0.3 is 10.1 Å². The first-order valence-electron chi connectivity index (χ1n) is 10.5. The number of hydrogen-bond donors (Lipinski definition) is 3. The Balaban J connectivity index is 1.68. The summed E-state index contributed by atoms with van der Waals surface area (Å²) in [5.74, 6) is 0.699. The van der Waals surface area contributed by atoms with Gasteiger partial charge in [0.1, 0.15) is 10.8 Å². The lowest BCUT2D eigenvalue weighted by Gasteiger charge is -2.17. The van der Waals surface area contributed by atoms with Crippen LogP contribution in [-0.2, 0) is 34.4 Å². The SMILES string of the molecule is CCc1csc(C(Cc2ccc(NS(=O)(=O)O)cc2)NC(=O)CCc2ccc(OC)cc2)n1. The number of carbonyl (C=O) groups is 1. The molecule has 33 heavy (non-hydrogen) atoms. The fourth-order valence-corrected chi connectivity index (χ4v) is 4.64. The number of ether oxygens (including phenoxy) is 1. The summed E-state index contributed by atoms with van der Waals surface area (Å²) in [6.07, 6.45) is 2.25. The quantitative estimate of drug-likeness (QED) is 0.351. The molecule has 0 aliphatic carbocycles. The van der Waals surface area contributed by atoms with Crippen LogP contribution < -0.4 is 14.8 Å². The van der Waals surface area contributed by atoms with Crippen LogP contribution in [-0.4, -0.2) is 31.0 Å². The van der Waals surface area contributed by atoms with Gasteiger partial charge in [-0.1, -0.05) is 31.2 Å². The van der Waals surface area contributed by atoms with Gasteiger partial charge in [-0.3, -0.25) is 14.1 Å². The molecular formula is C23H27N3O5S2. The van der Waals surface area contributed by atoms with Gasteiger partial charge in [-0.05, 0) is 54.7 Å². The van der Waals surface area contributed by atoms with Gasteiger partial charge in [0.2, 0.25) is 5.91 Å². The zero-order valence-corrected chi connectivity index (χ0v) is 20.1. The second-order valence-electron chi connectivity index (χ2n) is 7.48. The molecule has 3 aromatic rings. The van der Waals surface area contributed by atoms with E-state index in [0.29, 0.717) is 19.3 Å². The Labute approximate surface area is 197 Å². The smallest absolute Gasteiger partial charge is 0.357 e. The number of carbonyl (C=O) groups excluding carboxylic acids is 1. The minimum Gasteiger partial charge on any atom is -0.497 e. The van der Waals surface area contributed by atoms with Gasteiger partial charge in [0, 0.05) is 11.8 Å². The number of rotatable bonds is 11. The maximum absolute atomic E-state index is 12.7. The summed E-state index contributed by atoms with van der Waals surface area (Å²) in [5.41, 5.74) is 3.17. The van der Waals surface area contributed by atoms with E-state index in [1.165, 1.54) is 11.3 Å². The van der Waals surface area contributed by atoms with Crippen molar-refractivity contribution in [2.45, 2.75) is 38.6 Å². The first-order valence-corrected chi connectivity index (χ1v) is 12.8. The number of aryl methyl sites for hydroxylation is 2. The van der Waals surface area contributed by atoms with Crippen LogP contribution in [0.2, 0.25) is 0 Å². The van der Waals surface area contributed by atoms with E-state index >= 15 is 0 Å². The molecule has 10 heteroatoms. The van der Waals surface area contributed by atoms with Crippen molar-refractivity contribution in [1.29, 1.82) is 0 Å². The molecule has 0 saturated carbocycles. The van der Waals surface area contributed by atoms with Crippen LogP contribution in [0.1, 0.15) is 41.2 Å². The number of aromatic nitrogens is 1. The third kappa shape index (κ3) is 7.85. The number of nitrogens with zero attached hydrogens (tertiary/aromatic N) is 1. The van der Waals surface area contributed by atoms with E-state index < -0.39 is 10.3 Å². The fraction of sp³-hybridized carbons (Fsp3) is 0.304. The Hall–Kier alpha value is -2.95. The van der Waals surface area contributed by atoms with Crippen molar-refractivity contribution in [3.05, 3.63) is 75.7 Å². The second kappa shape index (κ2) is 11.3. The molecule has 0 saturated heterocycles. The summed E-state index contributed by atoms with van der Waals surface area (Å²) < 4.78 is 38.1. The summed E-state index contributed by atoms with van der Waals surface area (Å²) in [5, 5.41) is 5.91. The molecule has 176 valence electrons. The lowest BCUT2D eigenvalue weighted by molar-refractivity contribution is -0.121. The molecule has 0 radical (unpaired) electrons. The lowest BCUT2D eigenvalue weighted by Crippen LogP contribution is -2.30. The minimum absolute atomic E-state index is 0.0753. The lowest BCUT2D eigenvalue weighted by atomic mass is 10.0. The van der Waals surface area contributed by atoms with Crippen LogP contribution in [0, 0.1) is 0 Å². The highest BCUT2D eigenvalue weighted by Gasteiger charge is 2.19. The third-order valence-corrected chi connectivity index (χ3v) is 6.51. The molecule has 2 aromatic carbocycles. The largest absolute Gasteiger partial charge is 0.497 e. The van der Waals surface area contributed by atoms with E-state index in [4.69, 9.17) is 9.29 Å². The molecule has 0 fully saturated rings. The minimum atomic E-state index is -4.33. The van der Waals surface area contributed by atoms with Crippen molar-refractivity contribution >= 4 is 33.2 Å². The van der Waals surface area contributed by atoms with Crippen LogP contribution in [0.4, 0.5) is 5.69 Å². The molecule has 8 nitrogen and oxygen atoms in total. The second-order valence-corrected chi connectivity index (χ2v) is 9.52. The van der Waals surface area contributed by atoms with E-state index in [1.54, 1.807) is 31.4 Å². The Bertz CT molecular complexity index is 1160. The standard InChI is InChI=1S/C23H27N3O5S2/c1-3-18-15-32-23(24-18)21(14-17-4-9-19(10-5-17)26-33(28,29)30)25-22(27)13-8-16-6-11-20(31-2)12-7-16/h4-7,9-12,15,21,26H,3,8,13-14H2,1-2H3,(H,25,27)(H,28,29,30). The number of benzene rings is 2. The molecule has 3 rings (SSSR count). The summed E-state index contributed by atoms with van der Waals surface area (Å²) in [7, 11) is -2.71. The van der Waals surface area contributed by atoms with Gasteiger partial charge >= 0.3 is 10.3 Å².